The fourth-order valence-electron chi connectivity index (χ4n) is 2.20. The van der Waals surface area contributed by atoms with Crippen LogP contribution in [0, 0.1) is 5.41 Å². The van der Waals surface area contributed by atoms with Crippen molar-refractivity contribution in [3.8, 4) is 0 Å². The van der Waals surface area contributed by atoms with Crippen LogP contribution in [0.3, 0.4) is 0 Å². The monoisotopic (exact) mass is 253 g/mol. The molecule has 4 heteroatoms. The molecule has 1 aliphatic rings. The molecule has 0 amide bonds. The number of hydrogen-bond acceptors (Lipinski definition) is 3. The lowest BCUT2D eigenvalue weighted by atomic mass is 9.85. The van der Waals surface area contributed by atoms with E-state index in [2.05, 4.69) is 28.7 Å². The number of halogens is 1. The van der Waals surface area contributed by atoms with E-state index in [1.54, 1.807) is 0 Å². The third-order valence-electron chi connectivity index (χ3n) is 3.47. The van der Waals surface area contributed by atoms with Gasteiger partial charge < -0.3 is 4.90 Å². The van der Waals surface area contributed by atoms with Crippen LogP contribution in [0.4, 0.5) is 5.95 Å². The third kappa shape index (κ3) is 3.32. The zero-order valence-corrected chi connectivity index (χ0v) is 11.4. The van der Waals surface area contributed by atoms with Crippen LogP contribution in [-0.4, -0.2) is 23.1 Å². The highest BCUT2D eigenvalue weighted by atomic mass is 35.5. The number of alkyl halides is 1. The average molecular weight is 254 g/mol. The van der Waals surface area contributed by atoms with E-state index < -0.39 is 0 Å². The van der Waals surface area contributed by atoms with E-state index in [1.165, 1.54) is 19.3 Å². The smallest absolute Gasteiger partial charge is 0.225 e. The molecule has 2 rings (SSSR count). The molecule has 1 aliphatic heterocycles. The van der Waals surface area contributed by atoms with E-state index in [4.69, 9.17) is 11.6 Å². The summed E-state index contributed by atoms with van der Waals surface area (Å²) in [6.07, 6.45) is 7.35. The standard InChI is InChI=1S/C13H20ClN3/c1-13(2)4-3-6-17(7-5-13)12-15-9-11(8-14)10-16-12/h9-10H,3-8H2,1-2H3. The molecule has 3 nitrogen and oxygen atoms in total. The van der Waals surface area contributed by atoms with E-state index in [1.807, 2.05) is 12.4 Å². The van der Waals surface area contributed by atoms with Crippen LogP contribution in [0.1, 0.15) is 38.7 Å². The SMILES string of the molecule is CC1(C)CCCN(c2ncc(CCl)cn2)CC1. The Morgan fingerprint density at radius 2 is 1.94 bits per heavy atom. The maximum Gasteiger partial charge on any atom is 0.225 e. The first kappa shape index (κ1) is 12.6. The lowest BCUT2D eigenvalue weighted by molar-refractivity contribution is 0.325. The Balaban J connectivity index is 2.06. The first-order valence-electron chi connectivity index (χ1n) is 6.22. The molecular weight excluding hydrogens is 234 g/mol. The van der Waals surface area contributed by atoms with Gasteiger partial charge in [-0.25, -0.2) is 9.97 Å². The van der Waals surface area contributed by atoms with Gasteiger partial charge in [-0.1, -0.05) is 13.8 Å². The van der Waals surface area contributed by atoms with Crippen molar-refractivity contribution >= 4 is 17.5 Å². The summed E-state index contributed by atoms with van der Waals surface area (Å²) in [6, 6.07) is 0. The zero-order chi connectivity index (χ0) is 12.3. The molecule has 17 heavy (non-hydrogen) atoms. The Morgan fingerprint density at radius 1 is 1.24 bits per heavy atom. The maximum atomic E-state index is 5.73. The summed E-state index contributed by atoms with van der Waals surface area (Å²) in [7, 11) is 0. The molecule has 0 N–H and O–H groups in total. The largest absolute Gasteiger partial charge is 0.341 e. The van der Waals surface area contributed by atoms with Gasteiger partial charge in [0, 0.05) is 31.0 Å². The summed E-state index contributed by atoms with van der Waals surface area (Å²) in [5, 5.41) is 0. The molecule has 1 saturated heterocycles. The molecule has 1 aromatic heterocycles. The van der Waals surface area contributed by atoms with Crippen molar-refractivity contribution in [3.63, 3.8) is 0 Å². The van der Waals surface area contributed by atoms with Crippen LogP contribution in [-0.2, 0) is 5.88 Å². The molecule has 0 radical (unpaired) electrons. The van der Waals surface area contributed by atoms with Gasteiger partial charge in [-0.15, -0.1) is 11.6 Å². The summed E-state index contributed by atoms with van der Waals surface area (Å²) in [6.45, 7) is 6.79. The van der Waals surface area contributed by atoms with Crippen molar-refractivity contribution < 1.29 is 0 Å². The van der Waals surface area contributed by atoms with Crippen LogP contribution in [0.25, 0.3) is 0 Å². The zero-order valence-electron chi connectivity index (χ0n) is 10.6. The van der Waals surface area contributed by atoms with Gasteiger partial charge in [-0.2, -0.15) is 0 Å². The van der Waals surface area contributed by atoms with Gasteiger partial charge in [0.1, 0.15) is 0 Å². The molecule has 1 aromatic rings. The number of rotatable bonds is 2. The molecule has 0 saturated carbocycles. The lowest BCUT2D eigenvalue weighted by Gasteiger charge is -2.23. The molecule has 0 spiro atoms. The van der Waals surface area contributed by atoms with E-state index >= 15 is 0 Å². The van der Waals surface area contributed by atoms with Crippen molar-refractivity contribution in [1.29, 1.82) is 0 Å². The highest BCUT2D eigenvalue weighted by molar-refractivity contribution is 6.17. The van der Waals surface area contributed by atoms with E-state index in [-0.39, 0.29) is 0 Å². The molecule has 2 heterocycles. The van der Waals surface area contributed by atoms with Crippen molar-refractivity contribution in [2.75, 3.05) is 18.0 Å². The van der Waals surface area contributed by atoms with Gasteiger partial charge in [0.05, 0.1) is 5.88 Å². The van der Waals surface area contributed by atoms with Gasteiger partial charge in [-0.05, 0) is 24.7 Å². The van der Waals surface area contributed by atoms with Crippen LogP contribution < -0.4 is 4.90 Å². The fourth-order valence-corrected chi connectivity index (χ4v) is 2.34. The highest BCUT2D eigenvalue weighted by Crippen LogP contribution is 2.30. The van der Waals surface area contributed by atoms with E-state index in [0.29, 0.717) is 11.3 Å². The van der Waals surface area contributed by atoms with Gasteiger partial charge in [0.25, 0.3) is 0 Å². The lowest BCUT2D eigenvalue weighted by Crippen LogP contribution is -2.26. The molecule has 0 aliphatic carbocycles. The molecule has 94 valence electrons. The number of hydrogen-bond donors (Lipinski definition) is 0. The van der Waals surface area contributed by atoms with Crippen molar-refractivity contribution in [1.82, 2.24) is 9.97 Å². The molecular formula is C13H20ClN3. The second kappa shape index (κ2) is 5.21. The predicted octanol–water partition coefficient (Wildman–Crippen LogP) is 3.23. The van der Waals surface area contributed by atoms with Crippen LogP contribution in [0.5, 0.6) is 0 Å². The fraction of sp³-hybridized carbons (Fsp3) is 0.692. The summed E-state index contributed by atoms with van der Waals surface area (Å²) in [5.74, 6) is 1.32. The molecule has 1 fully saturated rings. The number of aromatic nitrogens is 2. The van der Waals surface area contributed by atoms with Crippen molar-refractivity contribution in [2.24, 2.45) is 5.41 Å². The van der Waals surface area contributed by atoms with Crippen molar-refractivity contribution in [3.05, 3.63) is 18.0 Å². The Kier molecular flexibility index (Phi) is 3.87. The quantitative estimate of drug-likeness (QED) is 0.758. The second-order valence-electron chi connectivity index (χ2n) is 5.53. The van der Waals surface area contributed by atoms with Gasteiger partial charge >= 0.3 is 0 Å². The van der Waals surface area contributed by atoms with Gasteiger partial charge in [0.15, 0.2) is 0 Å². The minimum absolute atomic E-state index is 0.449. The molecule has 0 aromatic carbocycles. The summed E-state index contributed by atoms with van der Waals surface area (Å²) in [4.78, 5) is 11.1. The minimum atomic E-state index is 0.449. The van der Waals surface area contributed by atoms with Crippen LogP contribution >= 0.6 is 11.6 Å². The molecule has 0 unspecified atom stereocenters. The Labute approximate surface area is 108 Å². The highest BCUT2D eigenvalue weighted by Gasteiger charge is 2.23. The summed E-state index contributed by atoms with van der Waals surface area (Å²) < 4.78 is 0. The second-order valence-corrected chi connectivity index (χ2v) is 5.80. The Hall–Kier alpha value is -0.830. The number of anilines is 1. The van der Waals surface area contributed by atoms with Gasteiger partial charge in [-0.3, -0.25) is 0 Å². The summed E-state index contributed by atoms with van der Waals surface area (Å²) >= 11 is 5.73. The summed E-state index contributed by atoms with van der Waals surface area (Å²) in [5.41, 5.74) is 1.43. The Morgan fingerprint density at radius 3 is 2.59 bits per heavy atom. The first-order valence-corrected chi connectivity index (χ1v) is 6.76. The molecule has 0 atom stereocenters. The predicted molar refractivity (Wildman–Crippen MR) is 71.4 cm³/mol. The van der Waals surface area contributed by atoms with Crippen LogP contribution in [0.2, 0.25) is 0 Å². The first-order chi connectivity index (χ1) is 8.11. The molecule has 0 bridgehead atoms. The third-order valence-corrected chi connectivity index (χ3v) is 3.78. The van der Waals surface area contributed by atoms with E-state index in [9.17, 15) is 0 Å². The van der Waals surface area contributed by atoms with Crippen LogP contribution in [0.15, 0.2) is 12.4 Å². The maximum absolute atomic E-state index is 5.73. The minimum Gasteiger partial charge on any atom is -0.341 e. The number of nitrogens with zero attached hydrogens (tertiary/aromatic N) is 3. The topological polar surface area (TPSA) is 29.0 Å². The normalized spacial score (nSPS) is 20.1. The average Bonchev–Trinajstić information content (AvgIpc) is 2.50. The van der Waals surface area contributed by atoms with Gasteiger partial charge in [0.2, 0.25) is 5.95 Å². The van der Waals surface area contributed by atoms with E-state index in [0.717, 1.165) is 24.6 Å². The van der Waals surface area contributed by atoms with Crippen molar-refractivity contribution in [2.45, 2.75) is 39.0 Å². The Bertz CT molecular complexity index is 361.